The Kier molecular flexibility index (Phi) is 5.48. The highest BCUT2D eigenvalue weighted by Crippen LogP contribution is 2.37. The average Bonchev–Trinajstić information content (AvgIpc) is 2.47. The van der Waals surface area contributed by atoms with Gasteiger partial charge in [-0.2, -0.15) is 0 Å². The van der Waals surface area contributed by atoms with Crippen LogP contribution in [0.4, 0.5) is 0 Å². The third-order valence-electron chi connectivity index (χ3n) is 5.11. The van der Waals surface area contributed by atoms with Crippen molar-refractivity contribution in [1.82, 2.24) is 4.90 Å². The second kappa shape index (κ2) is 6.93. The molecule has 1 fully saturated rings. The second-order valence-electron chi connectivity index (χ2n) is 6.27. The van der Waals surface area contributed by atoms with Crippen molar-refractivity contribution in [2.24, 2.45) is 11.7 Å². The van der Waals surface area contributed by atoms with Crippen LogP contribution in [0.25, 0.3) is 0 Å². The van der Waals surface area contributed by atoms with Crippen molar-refractivity contribution in [3.63, 3.8) is 0 Å². The monoisotopic (exact) mass is 294 g/mol. The lowest BCUT2D eigenvalue weighted by molar-refractivity contribution is 0.0579. The van der Waals surface area contributed by atoms with Gasteiger partial charge in [0.15, 0.2) is 0 Å². The van der Waals surface area contributed by atoms with Crippen LogP contribution in [0.5, 0.6) is 0 Å². The van der Waals surface area contributed by atoms with E-state index in [2.05, 4.69) is 31.0 Å². The smallest absolute Gasteiger partial charge is 0.0409 e. The molecule has 112 valence electrons. The van der Waals surface area contributed by atoms with Crippen molar-refractivity contribution in [3.05, 3.63) is 34.9 Å². The van der Waals surface area contributed by atoms with Crippen molar-refractivity contribution in [2.75, 3.05) is 13.6 Å². The molecule has 0 aliphatic heterocycles. The molecule has 1 aliphatic carbocycles. The van der Waals surface area contributed by atoms with Crippen LogP contribution in [0.15, 0.2) is 24.3 Å². The molecule has 0 unspecified atom stereocenters. The first kappa shape index (κ1) is 15.8. The number of halogens is 1. The molecule has 3 heteroatoms. The minimum absolute atomic E-state index is 0.175. The molecule has 0 atom stereocenters. The minimum Gasteiger partial charge on any atom is -0.329 e. The quantitative estimate of drug-likeness (QED) is 0.887. The predicted octanol–water partition coefficient (Wildman–Crippen LogP) is 4.07. The molecule has 2 nitrogen and oxygen atoms in total. The fourth-order valence-electron chi connectivity index (χ4n) is 3.44. The summed E-state index contributed by atoms with van der Waals surface area (Å²) in [7, 11) is 2.21. The number of rotatable bonds is 5. The van der Waals surface area contributed by atoms with Gasteiger partial charge in [0.05, 0.1) is 0 Å². The summed E-state index contributed by atoms with van der Waals surface area (Å²) in [5.74, 6) is 0.897. The first-order chi connectivity index (χ1) is 9.59. The molecular weight excluding hydrogens is 268 g/mol. The van der Waals surface area contributed by atoms with Gasteiger partial charge in [-0.25, -0.2) is 0 Å². The van der Waals surface area contributed by atoms with Crippen LogP contribution in [-0.4, -0.2) is 24.0 Å². The van der Waals surface area contributed by atoms with E-state index in [9.17, 15) is 0 Å². The zero-order valence-electron chi connectivity index (χ0n) is 12.7. The molecule has 0 heterocycles. The van der Waals surface area contributed by atoms with Gasteiger partial charge in [0.25, 0.3) is 0 Å². The van der Waals surface area contributed by atoms with Crippen LogP contribution >= 0.6 is 11.6 Å². The van der Waals surface area contributed by atoms with E-state index in [0.29, 0.717) is 0 Å². The zero-order valence-corrected chi connectivity index (χ0v) is 13.5. The predicted molar refractivity (Wildman–Crippen MR) is 87.0 cm³/mol. The van der Waals surface area contributed by atoms with E-state index in [1.54, 1.807) is 0 Å². The normalized spacial score (nSPS) is 26.9. The Bertz CT molecular complexity index is 425. The van der Waals surface area contributed by atoms with Gasteiger partial charge in [0.2, 0.25) is 0 Å². The number of nitrogens with zero attached hydrogens (tertiary/aromatic N) is 1. The third-order valence-corrected chi connectivity index (χ3v) is 5.35. The molecule has 1 aliphatic rings. The van der Waals surface area contributed by atoms with Crippen molar-refractivity contribution < 1.29 is 0 Å². The Morgan fingerprint density at radius 3 is 2.60 bits per heavy atom. The highest BCUT2D eigenvalue weighted by atomic mass is 35.5. The molecule has 0 saturated heterocycles. The van der Waals surface area contributed by atoms with E-state index in [1.165, 1.54) is 37.7 Å². The molecule has 20 heavy (non-hydrogen) atoms. The molecule has 0 bridgehead atoms. The number of hydrogen-bond acceptors (Lipinski definition) is 2. The number of benzene rings is 1. The maximum atomic E-state index is 6.14. The standard InChI is InChI=1S/C17H27ClN2/c1-3-14-7-9-17(13-19,10-8-14)20(2)12-15-5-4-6-16(18)11-15/h4-6,11,14H,3,7-10,12-13,19H2,1-2H3. The Balaban J connectivity index is 2.04. The van der Waals surface area contributed by atoms with E-state index < -0.39 is 0 Å². The summed E-state index contributed by atoms with van der Waals surface area (Å²) in [6.45, 7) is 3.98. The lowest BCUT2D eigenvalue weighted by Gasteiger charge is -2.46. The van der Waals surface area contributed by atoms with Gasteiger partial charge in [0.1, 0.15) is 0 Å². The van der Waals surface area contributed by atoms with Crippen molar-refractivity contribution >= 4 is 11.6 Å². The van der Waals surface area contributed by atoms with E-state index >= 15 is 0 Å². The summed E-state index contributed by atoms with van der Waals surface area (Å²) in [6.07, 6.45) is 6.37. The van der Waals surface area contributed by atoms with Crippen molar-refractivity contribution in [3.8, 4) is 0 Å². The van der Waals surface area contributed by atoms with Gasteiger partial charge in [-0.05, 0) is 56.3 Å². The molecule has 1 saturated carbocycles. The average molecular weight is 295 g/mol. The van der Waals surface area contributed by atoms with E-state index in [1.807, 2.05) is 12.1 Å². The largest absolute Gasteiger partial charge is 0.329 e. The van der Waals surface area contributed by atoms with Gasteiger partial charge in [-0.15, -0.1) is 0 Å². The van der Waals surface area contributed by atoms with Crippen LogP contribution in [-0.2, 0) is 6.54 Å². The Morgan fingerprint density at radius 1 is 1.35 bits per heavy atom. The highest BCUT2D eigenvalue weighted by molar-refractivity contribution is 6.30. The van der Waals surface area contributed by atoms with Gasteiger partial charge in [-0.1, -0.05) is 37.1 Å². The summed E-state index contributed by atoms with van der Waals surface area (Å²) in [4.78, 5) is 2.45. The molecule has 2 rings (SSSR count). The van der Waals surface area contributed by atoms with Gasteiger partial charge in [0, 0.05) is 23.7 Å². The van der Waals surface area contributed by atoms with Crippen molar-refractivity contribution in [2.45, 2.75) is 51.1 Å². The van der Waals surface area contributed by atoms with Crippen LogP contribution in [0, 0.1) is 5.92 Å². The maximum absolute atomic E-state index is 6.14. The Hall–Kier alpha value is -0.570. The fourth-order valence-corrected chi connectivity index (χ4v) is 3.65. The van der Waals surface area contributed by atoms with Crippen LogP contribution in [0.1, 0.15) is 44.6 Å². The van der Waals surface area contributed by atoms with Crippen molar-refractivity contribution in [1.29, 1.82) is 0 Å². The maximum Gasteiger partial charge on any atom is 0.0409 e. The molecule has 0 spiro atoms. The molecule has 0 aromatic heterocycles. The fraction of sp³-hybridized carbons (Fsp3) is 0.647. The number of nitrogens with two attached hydrogens (primary N) is 1. The van der Waals surface area contributed by atoms with E-state index in [0.717, 1.165) is 24.0 Å². The Labute approximate surface area is 128 Å². The van der Waals surface area contributed by atoms with Crippen LogP contribution < -0.4 is 5.73 Å². The lowest BCUT2D eigenvalue weighted by Crippen LogP contribution is -2.53. The first-order valence-electron chi connectivity index (χ1n) is 7.75. The van der Waals surface area contributed by atoms with E-state index in [-0.39, 0.29) is 5.54 Å². The Morgan fingerprint density at radius 2 is 2.05 bits per heavy atom. The number of likely N-dealkylation sites (N-methyl/N-ethyl adjacent to an activating group) is 1. The molecule has 0 radical (unpaired) electrons. The van der Waals surface area contributed by atoms with Gasteiger partial charge < -0.3 is 5.73 Å². The molecule has 0 amide bonds. The summed E-state index contributed by atoms with van der Waals surface area (Å²) in [5, 5.41) is 0.812. The number of hydrogen-bond donors (Lipinski definition) is 1. The van der Waals surface area contributed by atoms with Gasteiger partial charge >= 0.3 is 0 Å². The summed E-state index contributed by atoms with van der Waals surface area (Å²) in [5.41, 5.74) is 7.59. The molecular formula is C17H27ClN2. The summed E-state index contributed by atoms with van der Waals surface area (Å²) in [6, 6.07) is 8.15. The topological polar surface area (TPSA) is 29.3 Å². The third kappa shape index (κ3) is 3.55. The molecule has 1 aromatic carbocycles. The molecule has 2 N–H and O–H groups in total. The van der Waals surface area contributed by atoms with Crippen LogP contribution in [0.3, 0.4) is 0 Å². The lowest BCUT2D eigenvalue weighted by atomic mass is 9.74. The second-order valence-corrected chi connectivity index (χ2v) is 6.70. The van der Waals surface area contributed by atoms with E-state index in [4.69, 9.17) is 17.3 Å². The first-order valence-corrected chi connectivity index (χ1v) is 8.13. The summed E-state index contributed by atoms with van der Waals surface area (Å²) >= 11 is 6.08. The zero-order chi connectivity index (χ0) is 14.6. The highest BCUT2D eigenvalue weighted by Gasteiger charge is 2.36. The summed E-state index contributed by atoms with van der Waals surface area (Å²) < 4.78 is 0. The molecule has 1 aromatic rings. The minimum atomic E-state index is 0.175. The van der Waals surface area contributed by atoms with Gasteiger partial charge in [-0.3, -0.25) is 4.90 Å². The SMILES string of the molecule is CCC1CCC(CN)(N(C)Cc2cccc(Cl)c2)CC1. The van der Waals surface area contributed by atoms with Crippen LogP contribution in [0.2, 0.25) is 5.02 Å².